The Bertz CT molecular complexity index is 868. The number of benzene rings is 2. The molecule has 26 heavy (non-hydrogen) atoms. The molecule has 1 aliphatic heterocycles. The largest absolute Gasteiger partial charge is 0.380 e. The number of rotatable bonds is 4. The predicted molar refractivity (Wildman–Crippen MR) is 105 cm³/mol. The molecule has 0 aliphatic carbocycles. The zero-order chi connectivity index (χ0) is 17.9. The van der Waals surface area contributed by atoms with Gasteiger partial charge in [0.1, 0.15) is 5.69 Å². The van der Waals surface area contributed by atoms with Gasteiger partial charge in [0.25, 0.3) is 5.91 Å². The van der Waals surface area contributed by atoms with Crippen LogP contribution in [0.2, 0.25) is 0 Å². The first-order valence-electron chi connectivity index (χ1n) is 9.00. The molecule has 1 fully saturated rings. The molecule has 1 saturated heterocycles. The molecule has 0 spiro atoms. The molecular formula is C21H23N3O2. The topological polar surface area (TPSA) is 57.4 Å². The van der Waals surface area contributed by atoms with Crippen LogP contribution in [-0.2, 0) is 4.74 Å². The van der Waals surface area contributed by atoms with Crippen molar-refractivity contribution in [2.75, 3.05) is 30.4 Å². The minimum atomic E-state index is -0.133. The Morgan fingerprint density at radius 2 is 2.00 bits per heavy atom. The lowest BCUT2D eigenvalue weighted by Gasteiger charge is -2.33. The number of aromatic nitrogens is 1. The molecule has 0 bridgehead atoms. The Hall–Kier alpha value is -2.79. The number of piperidine rings is 1. The number of ether oxygens (including phenoxy) is 1. The summed E-state index contributed by atoms with van der Waals surface area (Å²) in [6.07, 6.45) is 2.55. The highest BCUT2D eigenvalue weighted by Gasteiger charge is 2.19. The summed E-state index contributed by atoms with van der Waals surface area (Å²) in [7, 11) is 1.77. The van der Waals surface area contributed by atoms with E-state index in [1.165, 1.54) is 0 Å². The van der Waals surface area contributed by atoms with Crippen molar-refractivity contribution in [1.29, 1.82) is 0 Å². The van der Waals surface area contributed by atoms with Gasteiger partial charge in [-0.1, -0.05) is 18.2 Å². The first kappa shape index (κ1) is 16.7. The van der Waals surface area contributed by atoms with E-state index in [-0.39, 0.29) is 5.91 Å². The van der Waals surface area contributed by atoms with E-state index in [4.69, 9.17) is 4.74 Å². The maximum atomic E-state index is 12.5. The van der Waals surface area contributed by atoms with Crippen molar-refractivity contribution in [3.8, 4) is 0 Å². The number of aromatic amines is 1. The minimum Gasteiger partial charge on any atom is -0.380 e. The molecule has 134 valence electrons. The van der Waals surface area contributed by atoms with Crippen LogP contribution in [-0.4, -0.2) is 37.2 Å². The number of methoxy groups -OCH3 is 1. The van der Waals surface area contributed by atoms with Crippen LogP contribution in [0.1, 0.15) is 23.3 Å². The van der Waals surface area contributed by atoms with Crippen molar-refractivity contribution in [3.63, 3.8) is 0 Å². The van der Waals surface area contributed by atoms with Crippen LogP contribution in [0.5, 0.6) is 0 Å². The molecule has 1 unspecified atom stereocenters. The van der Waals surface area contributed by atoms with Crippen LogP contribution in [0.4, 0.5) is 11.4 Å². The number of anilines is 2. The maximum absolute atomic E-state index is 12.5. The standard InChI is InChI=1S/C21H23N3O2/c1-26-18-6-4-12-24(14-18)17-10-8-16(9-11-17)22-21(25)20-13-15-5-2-3-7-19(15)23-20/h2-3,5,7-11,13,18,23H,4,6,12,14H2,1H3,(H,22,25). The van der Waals surface area contributed by atoms with Crippen molar-refractivity contribution < 1.29 is 9.53 Å². The summed E-state index contributed by atoms with van der Waals surface area (Å²) >= 11 is 0. The summed E-state index contributed by atoms with van der Waals surface area (Å²) in [6, 6.07) is 17.8. The number of nitrogens with one attached hydrogen (secondary N) is 2. The summed E-state index contributed by atoms with van der Waals surface area (Å²) in [5.41, 5.74) is 3.48. The molecule has 1 amide bonds. The molecule has 3 aromatic rings. The van der Waals surface area contributed by atoms with Gasteiger partial charge in [0.05, 0.1) is 6.10 Å². The lowest BCUT2D eigenvalue weighted by Crippen LogP contribution is -2.39. The van der Waals surface area contributed by atoms with Gasteiger partial charge in [0, 0.05) is 42.5 Å². The van der Waals surface area contributed by atoms with Crippen molar-refractivity contribution >= 4 is 28.2 Å². The van der Waals surface area contributed by atoms with Crippen LogP contribution in [0.15, 0.2) is 54.6 Å². The number of para-hydroxylation sites is 1. The van der Waals surface area contributed by atoms with E-state index in [1.54, 1.807) is 7.11 Å². The number of carbonyl (C=O) groups excluding carboxylic acids is 1. The van der Waals surface area contributed by atoms with E-state index in [2.05, 4.69) is 27.3 Å². The zero-order valence-electron chi connectivity index (χ0n) is 14.9. The Morgan fingerprint density at radius 3 is 2.77 bits per heavy atom. The number of fused-ring (bicyclic) bond motifs is 1. The Labute approximate surface area is 153 Å². The van der Waals surface area contributed by atoms with E-state index >= 15 is 0 Å². The molecule has 2 heterocycles. The summed E-state index contributed by atoms with van der Waals surface area (Å²) < 4.78 is 5.49. The second-order valence-corrected chi connectivity index (χ2v) is 6.72. The molecule has 2 aromatic carbocycles. The zero-order valence-corrected chi connectivity index (χ0v) is 14.9. The third-order valence-electron chi connectivity index (χ3n) is 4.98. The summed E-state index contributed by atoms with van der Waals surface area (Å²) in [4.78, 5) is 18.0. The lowest BCUT2D eigenvalue weighted by molar-refractivity contribution is 0.0893. The molecule has 1 aliphatic rings. The molecule has 1 atom stereocenters. The molecule has 5 heteroatoms. The summed E-state index contributed by atoms with van der Waals surface area (Å²) in [5, 5.41) is 3.99. The third-order valence-corrected chi connectivity index (χ3v) is 4.98. The first-order chi connectivity index (χ1) is 12.7. The average molecular weight is 349 g/mol. The summed E-state index contributed by atoms with van der Waals surface area (Å²) in [6.45, 7) is 1.96. The Balaban J connectivity index is 1.44. The number of amides is 1. The summed E-state index contributed by atoms with van der Waals surface area (Å²) in [5.74, 6) is -0.133. The van der Waals surface area contributed by atoms with Gasteiger partial charge in [0.2, 0.25) is 0 Å². The van der Waals surface area contributed by atoms with E-state index < -0.39 is 0 Å². The van der Waals surface area contributed by atoms with Crippen LogP contribution in [0.3, 0.4) is 0 Å². The maximum Gasteiger partial charge on any atom is 0.272 e. The SMILES string of the molecule is COC1CCCN(c2ccc(NC(=O)c3cc4ccccc4[nH]3)cc2)C1. The van der Waals surface area contributed by atoms with Crippen LogP contribution < -0.4 is 10.2 Å². The highest BCUT2D eigenvalue weighted by Crippen LogP contribution is 2.23. The van der Waals surface area contributed by atoms with E-state index in [1.807, 2.05) is 42.5 Å². The van der Waals surface area contributed by atoms with Crippen LogP contribution >= 0.6 is 0 Å². The highest BCUT2D eigenvalue weighted by molar-refractivity contribution is 6.05. The molecule has 2 N–H and O–H groups in total. The molecule has 5 nitrogen and oxygen atoms in total. The fourth-order valence-electron chi connectivity index (χ4n) is 3.51. The van der Waals surface area contributed by atoms with Gasteiger partial charge in [0.15, 0.2) is 0 Å². The second-order valence-electron chi connectivity index (χ2n) is 6.72. The lowest BCUT2D eigenvalue weighted by atomic mass is 10.1. The fourth-order valence-corrected chi connectivity index (χ4v) is 3.51. The van der Waals surface area contributed by atoms with E-state index in [0.29, 0.717) is 11.8 Å². The number of H-pyrrole nitrogens is 1. The van der Waals surface area contributed by atoms with Gasteiger partial charge in [-0.3, -0.25) is 4.79 Å². The van der Waals surface area contributed by atoms with Gasteiger partial charge in [-0.15, -0.1) is 0 Å². The molecule has 0 saturated carbocycles. The van der Waals surface area contributed by atoms with Gasteiger partial charge in [-0.25, -0.2) is 0 Å². The predicted octanol–water partition coefficient (Wildman–Crippen LogP) is 4.04. The molecule has 1 aromatic heterocycles. The van der Waals surface area contributed by atoms with Crippen molar-refractivity contribution in [1.82, 2.24) is 4.98 Å². The Morgan fingerprint density at radius 1 is 1.19 bits per heavy atom. The van der Waals surface area contributed by atoms with E-state index in [9.17, 15) is 4.79 Å². The third kappa shape index (κ3) is 3.44. The number of carbonyl (C=O) groups is 1. The van der Waals surface area contributed by atoms with Gasteiger partial charge < -0.3 is 19.9 Å². The highest BCUT2D eigenvalue weighted by atomic mass is 16.5. The quantitative estimate of drug-likeness (QED) is 0.747. The van der Waals surface area contributed by atoms with Gasteiger partial charge >= 0.3 is 0 Å². The normalized spacial score (nSPS) is 17.4. The number of hydrogen-bond donors (Lipinski definition) is 2. The molecule has 0 radical (unpaired) electrons. The van der Waals surface area contributed by atoms with Crippen LogP contribution in [0.25, 0.3) is 10.9 Å². The van der Waals surface area contributed by atoms with Gasteiger partial charge in [-0.05, 0) is 49.2 Å². The fraction of sp³-hybridized carbons (Fsp3) is 0.286. The van der Waals surface area contributed by atoms with Crippen molar-refractivity contribution in [3.05, 3.63) is 60.3 Å². The van der Waals surface area contributed by atoms with Crippen molar-refractivity contribution in [2.45, 2.75) is 18.9 Å². The average Bonchev–Trinajstić information content (AvgIpc) is 3.13. The molecular weight excluding hydrogens is 326 g/mol. The van der Waals surface area contributed by atoms with Gasteiger partial charge in [-0.2, -0.15) is 0 Å². The first-order valence-corrected chi connectivity index (χ1v) is 9.00. The smallest absolute Gasteiger partial charge is 0.272 e. The second kappa shape index (κ2) is 7.22. The Kier molecular flexibility index (Phi) is 4.63. The van der Waals surface area contributed by atoms with Crippen LogP contribution in [0, 0.1) is 0 Å². The van der Waals surface area contributed by atoms with Crippen molar-refractivity contribution in [2.24, 2.45) is 0 Å². The number of nitrogens with zero attached hydrogens (tertiary/aromatic N) is 1. The monoisotopic (exact) mass is 349 g/mol. The molecule has 4 rings (SSSR count). The minimum absolute atomic E-state index is 0.133. The van der Waals surface area contributed by atoms with E-state index in [0.717, 1.165) is 48.2 Å². The number of hydrogen-bond acceptors (Lipinski definition) is 3.